The average Bonchev–Trinajstić information content (AvgIpc) is 3.37. The minimum absolute atomic E-state index is 0.244. The highest BCUT2D eigenvalue weighted by molar-refractivity contribution is 5.84. The Labute approximate surface area is 161 Å². The van der Waals surface area contributed by atoms with Crippen LogP contribution in [0.3, 0.4) is 0 Å². The topological polar surface area (TPSA) is 114 Å². The first-order valence-electron chi connectivity index (χ1n) is 9.40. The third-order valence-electron chi connectivity index (χ3n) is 5.18. The van der Waals surface area contributed by atoms with Gasteiger partial charge in [-0.15, -0.1) is 0 Å². The van der Waals surface area contributed by atoms with Crippen molar-refractivity contribution in [3.63, 3.8) is 0 Å². The standard InChI is InChI=1S/C19H21N9/c20-19-25-16-15(23-12-24-16)18(26-19)27-8-3-4-13(10-27)17-22-7-9-28(17)11-14-5-1-2-6-21-14/h1-2,5-7,9,12-13H,3-4,8,10-11H2,(H3,20,23,24,25,26)/t13-/m0/s1. The first kappa shape index (κ1) is 16.7. The lowest BCUT2D eigenvalue weighted by molar-refractivity contribution is 0.474. The second-order valence-electron chi connectivity index (χ2n) is 7.03. The Morgan fingerprint density at radius 1 is 1.14 bits per heavy atom. The molecule has 9 heteroatoms. The normalized spacial score (nSPS) is 17.3. The summed E-state index contributed by atoms with van der Waals surface area (Å²) >= 11 is 0. The predicted molar refractivity (Wildman–Crippen MR) is 106 cm³/mol. The van der Waals surface area contributed by atoms with Gasteiger partial charge in [0, 0.05) is 37.6 Å². The van der Waals surface area contributed by atoms with Gasteiger partial charge in [0.15, 0.2) is 11.5 Å². The number of hydrogen-bond acceptors (Lipinski definition) is 7. The largest absolute Gasteiger partial charge is 0.368 e. The average molecular weight is 375 g/mol. The van der Waals surface area contributed by atoms with Crippen molar-refractivity contribution in [1.82, 2.24) is 34.5 Å². The van der Waals surface area contributed by atoms with Crippen molar-refractivity contribution in [2.45, 2.75) is 25.3 Å². The number of nitrogen functional groups attached to an aromatic ring is 1. The van der Waals surface area contributed by atoms with Gasteiger partial charge in [0.2, 0.25) is 5.95 Å². The molecule has 0 radical (unpaired) electrons. The van der Waals surface area contributed by atoms with Crippen LogP contribution in [0.15, 0.2) is 43.1 Å². The van der Waals surface area contributed by atoms with Crippen LogP contribution in [-0.2, 0) is 6.54 Å². The smallest absolute Gasteiger partial charge is 0.224 e. The fourth-order valence-corrected chi connectivity index (χ4v) is 3.92. The molecule has 0 aliphatic carbocycles. The summed E-state index contributed by atoms with van der Waals surface area (Å²) in [5.74, 6) is 2.45. The van der Waals surface area contributed by atoms with Gasteiger partial charge >= 0.3 is 0 Å². The molecule has 4 aromatic rings. The molecule has 4 aromatic heterocycles. The number of piperidine rings is 1. The molecule has 9 nitrogen and oxygen atoms in total. The quantitative estimate of drug-likeness (QED) is 0.560. The van der Waals surface area contributed by atoms with Crippen LogP contribution in [0.1, 0.15) is 30.3 Å². The molecule has 3 N–H and O–H groups in total. The third kappa shape index (κ3) is 3.04. The van der Waals surface area contributed by atoms with E-state index in [2.05, 4.69) is 39.4 Å². The Hall–Kier alpha value is -3.49. The third-order valence-corrected chi connectivity index (χ3v) is 5.18. The van der Waals surface area contributed by atoms with Crippen molar-refractivity contribution in [2.24, 2.45) is 0 Å². The number of H-pyrrole nitrogens is 1. The van der Waals surface area contributed by atoms with Crippen molar-refractivity contribution in [3.8, 4) is 0 Å². The van der Waals surface area contributed by atoms with Crippen molar-refractivity contribution in [1.29, 1.82) is 0 Å². The summed E-state index contributed by atoms with van der Waals surface area (Å²) in [4.78, 5) is 27.4. The second kappa shape index (κ2) is 6.91. The Bertz CT molecular complexity index is 1090. The predicted octanol–water partition coefficient (Wildman–Crippen LogP) is 1.96. The van der Waals surface area contributed by atoms with E-state index in [-0.39, 0.29) is 5.95 Å². The van der Waals surface area contributed by atoms with Crippen molar-refractivity contribution >= 4 is 22.9 Å². The maximum absolute atomic E-state index is 5.90. The molecule has 1 saturated heterocycles. The first-order valence-corrected chi connectivity index (χ1v) is 9.40. The fourth-order valence-electron chi connectivity index (χ4n) is 3.92. The SMILES string of the molecule is Nc1nc(N2CCC[C@H](c3nccn3Cc3ccccn3)C2)c2[nH]cnc2n1. The van der Waals surface area contributed by atoms with Gasteiger partial charge in [-0.25, -0.2) is 9.97 Å². The summed E-state index contributed by atoms with van der Waals surface area (Å²) in [6.45, 7) is 2.46. The number of nitrogens with zero attached hydrogens (tertiary/aromatic N) is 7. The van der Waals surface area contributed by atoms with Gasteiger partial charge in [0.05, 0.1) is 18.6 Å². The minimum Gasteiger partial charge on any atom is -0.368 e. The number of pyridine rings is 1. The number of fused-ring (bicyclic) bond motifs is 1. The second-order valence-corrected chi connectivity index (χ2v) is 7.03. The Morgan fingerprint density at radius 3 is 3.00 bits per heavy atom. The van der Waals surface area contributed by atoms with E-state index in [0.29, 0.717) is 11.6 Å². The van der Waals surface area contributed by atoms with Gasteiger partial charge in [-0.05, 0) is 25.0 Å². The van der Waals surface area contributed by atoms with Crippen LogP contribution in [0.5, 0.6) is 0 Å². The lowest BCUT2D eigenvalue weighted by Crippen LogP contribution is -2.36. The van der Waals surface area contributed by atoms with Gasteiger partial charge in [-0.2, -0.15) is 9.97 Å². The zero-order valence-electron chi connectivity index (χ0n) is 15.4. The van der Waals surface area contributed by atoms with Gasteiger partial charge in [-0.1, -0.05) is 6.07 Å². The zero-order chi connectivity index (χ0) is 18.9. The van der Waals surface area contributed by atoms with E-state index in [1.807, 2.05) is 36.8 Å². The molecule has 1 aliphatic heterocycles. The molecule has 28 heavy (non-hydrogen) atoms. The highest BCUT2D eigenvalue weighted by atomic mass is 15.2. The molecule has 0 aromatic carbocycles. The molecule has 1 atom stereocenters. The molecule has 0 amide bonds. The van der Waals surface area contributed by atoms with Crippen LogP contribution >= 0.6 is 0 Å². The monoisotopic (exact) mass is 375 g/mol. The first-order chi connectivity index (χ1) is 13.8. The molecular weight excluding hydrogens is 354 g/mol. The van der Waals surface area contributed by atoms with Gasteiger partial charge in [0.25, 0.3) is 0 Å². The van der Waals surface area contributed by atoms with E-state index >= 15 is 0 Å². The Kier molecular flexibility index (Phi) is 4.12. The maximum atomic E-state index is 5.90. The number of hydrogen-bond donors (Lipinski definition) is 2. The highest BCUT2D eigenvalue weighted by Crippen LogP contribution is 2.31. The molecule has 0 bridgehead atoms. The van der Waals surface area contributed by atoms with E-state index in [9.17, 15) is 0 Å². The van der Waals surface area contributed by atoms with E-state index in [4.69, 9.17) is 5.73 Å². The number of anilines is 2. The molecule has 142 valence electrons. The Morgan fingerprint density at radius 2 is 2.11 bits per heavy atom. The number of nitrogens with two attached hydrogens (primary N) is 1. The van der Waals surface area contributed by atoms with E-state index in [1.165, 1.54) is 0 Å². The summed E-state index contributed by atoms with van der Waals surface area (Å²) in [5, 5.41) is 0. The minimum atomic E-state index is 0.244. The lowest BCUT2D eigenvalue weighted by Gasteiger charge is -2.33. The Balaban J connectivity index is 1.42. The lowest BCUT2D eigenvalue weighted by atomic mass is 9.97. The number of aromatic amines is 1. The number of nitrogens with one attached hydrogen (secondary N) is 1. The highest BCUT2D eigenvalue weighted by Gasteiger charge is 2.27. The van der Waals surface area contributed by atoms with Crippen LogP contribution < -0.4 is 10.6 Å². The molecule has 0 spiro atoms. The van der Waals surface area contributed by atoms with Crippen LogP contribution in [0.2, 0.25) is 0 Å². The number of imidazole rings is 2. The van der Waals surface area contributed by atoms with E-state index < -0.39 is 0 Å². The molecule has 0 unspecified atom stereocenters. The molecule has 0 saturated carbocycles. The maximum Gasteiger partial charge on any atom is 0.224 e. The summed E-state index contributed by atoms with van der Waals surface area (Å²) < 4.78 is 2.19. The molecule has 1 fully saturated rings. The van der Waals surface area contributed by atoms with Crippen LogP contribution in [0.4, 0.5) is 11.8 Å². The molecule has 5 heterocycles. The van der Waals surface area contributed by atoms with Crippen molar-refractivity contribution in [3.05, 3.63) is 54.6 Å². The van der Waals surface area contributed by atoms with Gasteiger partial charge in [-0.3, -0.25) is 4.98 Å². The van der Waals surface area contributed by atoms with Gasteiger partial charge < -0.3 is 20.2 Å². The summed E-state index contributed by atoms with van der Waals surface area (Å²) in [6, 6.07) is 5.98. The van der Waals surface area contributed by atoms with Crippen molar-refractivity contribution in [2.75, 3.05) is 23.7 Å². The number of aromatic nitrogens is 7. The van der Waals surface area contributed by atoms with E-state index in [0.717, 1.165) is 55.3 Å². The fraction of sp³-hybridized carbons (Fsp3) is 0.316. The van der Waals surface area contributed by atoms with Gasteiger partial charge in [0.1, 0.15) is 11.3 Å². The van der Waals surface area contributed by atoms with Crippen LogP contribution in [0.25, 0.3) is 11.2 Å². The number of rotatable bonds is 4. The van der Waals surface area contributed by atoms with Crippen molar-refractivity contribution < 1.29 is 0 Å². The summed E-state index contributed by atoms with van der Waals surface area (Å²) in [6.07, 6.45) is 9.49. The van der Waals surface area contributed by atoms with Crippen LogP contribution in [-0.4, -0.2) is 47.6 Å². The van der Waals surface area contributed by atoms with E-state index in [1.54, 1.807) is 6.33 Å². The summed E-state index contributed by atoms with van der Waals surface area (Å²) in [5.41, 5.74) is 8.35. The molecule has 1 aliphatic rings. The summed E-state index contributed by atoms with van der Waals surface area (Å²) in [7, 11) is 0. The molecular formula is C19H21N9. The molecule has 5 rings (SSSR count). The van der Waals surface area contributed by atoms with Crippen LogP contribution in [0, 0.1) is 0 Å². The zero-order valence-corrected chi connectivity index (χ0v) is 15.4.